The number of ether oxygens (including phenoxy) is 1. The average molecular weight is 331 g/mol. The van der Waals surface area contributed by atoms with Crippen LogP contribution in [0.15, 0.2) is 24.3 Å². The molecule has 128 valence electrons. The maximum atomic E-state index is 12.0. The fourth-order valence-electron chi connectivity index (χ4n) is 3.04. The molecule has 3 N–H and O–H groups in total. The Bertz CT molecular complexity index is 640. The Morgan fingerprint density at radius 3 is 2.67 bits per heavy atom. The van der Waals surface area contributed by atoms with Crippen LogP contribution in [0, 0.1) is 5.92 Å². The van der Waals surface area contributed by atoms with Crippen molar-refractivity contribution in [3.8, 4) is 5.75 Å². The smallest absolute Gasteiger partial charge is 0.266 e. The predicted molar refractivity (Wildman–Crippen MR) is 87.0 cm³/mol. The fourth-order valence-corrected chi connectivity index (χ4v) is 3.04. The second kappa shape index (κ2) is 7.33. The van der Waals surface area contributed by atoms with Crippen LogP contribution >= 0.6 is 0 Å². The van der Waals surface area contributed by atoms with Gasteiger partial charge in [-0.2, -0.15) is 0 Å². The lowest BCUT2D eigenvalue weighted by Crippen LogP contribution is -2.48. The van der Waals surface area contributed by atoms with Crippen LogP contribution in [0.3, 0.4) is 0 Å². The Labute approximate surface area is 140 Å². The van der Waals surface area contributed by atoms with Crippen LogP contribution < -0.4 is 20.9 Å². The second-order valence-corrected chi connectivity index (χ2v) is 6.17. The third-order valence-electron chi connectivity index (χ3n) is 4.38. The van der Waals surface area contributed by atoms with Gasteiger partial charge in [0.25, 0.3) is 5.91 Å². The van der Waals surface area contributed by atoms with E-state index in [1.165, 1.54) is 0 Å². The predicted octanol–water partition coefficient (Wildman–Crippen LogP) is 1.50. The number of para-hydroxylation sites is 2. The summed E-state index contributed by atoms with van der Waals surface area (Å²) in [6.45, 7) is 0. The van der Waals surface area contributed by atoms with Gasteiger partial charge in [-0.3, -0.25) is 25.2 Å². The number of fused-ring (bicyclic) bond motifs is 1. The molecule has 1 atom stereocenters. The van der Waals surface area contributed by atoms with Crippen LogP contribution in [0.4, 0.5) is 5.69 Å². The van der Waals surface area contributed by atoms with E-state index in [4.69, 9.17) is 4.74 Å². The number of amides is 3. The first-order chi connectivity index (χ1) is 11.6. The second-order valence-electron chi connectivity index (χ2n) is 6.17. The zero-order chi connectivity index (χ0) is 16.9. The number of hydrogen-bond acceptors (Lipinski definition) is 4. The highest BCUT2D eigenvalue weighted by Crippen LogP contribution is 2.29. The maximum absolute atomic E-state index is 12.0. The molecule has 1 aliphatic carbocycles. The number of nitrogens with one attached hydrogen (secondary N) is 3. The molecule has 7 heteroatoms. The maximum Gasteiger partial charge on any atom is 0.266 e. The SMILES string of the molecule is O=C(C[C@H]1Oc2ccccc2NC1=O)NNC(=O)C1CCCCC1. The molecule has 0 unspecified atom stereocenters. The molecule has 24 heavy (non-hydrogen) atoms. The normalized spacial score (nSPS) is 20.3. The van der Waals surface area contributed by atoms with E-state index >= 15 is 0 Å². The van der Waals surface area contributed by atoms with E-state index in [0.717, 1.165) is 32.1 Å². The molecule has 0 aromatic heterocycles. The van der Waals surface area contributed by atoms with Crippen LogP contribution in [0.25, 0.3) is 0 Å². The van der Waals surface area contributed by atoms with Crippen LogP contribution in [0.2, 0.25) is 0 Å². The van der Waals surface area contributed by atoms with Crippen LogP contribution in [-0.4, -0.2) is 23.8 Å². The van der Waals surface area contributed by atoms with Gasteiger partial charge in [-0.25, -0.2) is 0 Å². The van der Waals surface area contributed by atoms with E-state index < -0.39 is 12.0 Å². The molecule has 0 bridgehead atoms. The van der Waals surface area contributed by atoms with Crippen molar-refractivity contribution >= 4 is 23.4 Å². The summed E-state index contributed by atoms with van der Waals surface area (Å²) in [7, 11) is 0. The fraction of sp³-hybridized carbons (Fsp3) is 0.471. The Kier molecular flexibility index (Phi) is 4.98. The molecule has 1 saturated carbocycles. The number of rotatable bonds is 3. The van der Waals surface area contributed by atoms with Crippen LogP contribution in [-0.2, 0) is 14.4 Å². The Morgan fingerprint density at radius 2 is 1.88 bits per heavy atom. The average Bonchev–Trinajstić information content (AvgIpc) is 2.61. The standard InChI is InChI=1S/C17H21N3O4/c21-15(19-20-16(22)11-6-2-1-3-7-11)10-14-17(23)18-12-8-4-5-9-13(12)24-14/h4-5,8-9,11,14H,1-3,6-7,10H2,(H,18,23)(H,19,21)(H,20,22)/t14-/m1/s1. The summed E-state index contributed by atoms with van der Waals surface area (Å²) in [5.74, 6) is -0.509. The topological polar surface area (TPSA) is 96.5 Å². The molecule has 1 heterocycles. The molecule has 1 aliphatic heterocycles. The quantitative estimate of drug-likeness (QED) is 0.731. The van der Waals surface area contributed by atoms with E-state index in [-0.39, 0.29) is 24.2 Å². The summed E-state index contributed by atoms with van der Waals surface area (Å²) in [6, 6.07) is 7.03. The van der Waals surface area contributed by atoms with Gasteiger partial charge < -0.3 is 10.1 Å². The molecule has 1 aromatic carbocycles. The van der Waals surface area contributed by atoms with Crippen LogP contribution in [0.1, 0.15) is 38.5 Å². The summed E-state index contributed by atoms with van der Waals surface area (Å²) in [5.41, 5.74) is 5.41. The minimum Gasteiger partial charge on any atom is -0.478 e. The van der Waals surface area contributed by atoms with Crippen molar-refractivity contribution in [1.29, 1.82) is 0 Å². The number of carbonyl (C=O) groups excluding carboxylic acids is 3. The Balaban J connectivity index is 1.48. The summed E-state index contributed by atoms with van der Waals surface area (Å²) in [4.78, 5) is 35.9. The summed E-state index contributed by atoms with van der Waals surface area (Å²) >= 11 is 0. The lowest BCUT2D eigenvalue weighted by atomic mass is 9.89. The third-order valence-corrected chi connectivity index (χ3v) is 4.38. The molecule has 3 rings (SSSR count). The van der Waals surface area contributed by atoms with Crippen molar-refractivity contribution < 1.29 is 19.1 Å². The molecule has 0 saturated heterocycles. The van der Waals surface area contributed by atoms with E-state index in [1.807, 2.05) is 0 Å². The van der Waals surface area contributed by atoms with Gasteiger partial charge in [0, 0.05) is 5.92 Å². The molecule has 1 aromatic rings. The lowest BCUT2D eigenvalue weighted by Gasteiger charge is -2.25. The van der Waals surface area contributed by atoms with Crippen molar-refractivity contribution in [1.82, 2.24) is 10.9 Å². The monoisotopic (exact) mass is 331 g/mol. The highest BCUT2D eigenvalue weighted by molar-refractivity contribution is 6.00. The first kappa shape index (κ1) is 16.3. The van der Waals surface area contributed by atoms with Crippen molar-refractivity contribution in [2.45, 2.75) is 44.6 Å². The van der Waals surface area contributed by atoms with Crippen molar-refractivity contribution in [3.63, 3.8) is 0 Å². The molecule has 3 amide bonds. The number of carbonyl (C=O) groups is 3. The molecule has 7 nitrogen and oxygen atoms in total. The van der Waals surface area contributed by atoms with Gasteiger partial charge in [-0.1, -0.05) is 31.4 Å². The van der Waals surface area contributed by atoms with Gasteiger partial charge >= 0.3 is 0 Å². The molecule has 0 radical (unpaired) electrons. The van der Waals surface area contributed by atoms with E-state index in [1.54, 1.807) is 24.3 Å². The van der Waals surface area contributed by atoms with Gasteiger partial charge in [0.15, 0.2) is 6.10 Å². The largest absolute Gasteiger partial charge is 0.478 e. The number of benzene rings is 1. The van der Waals surface area contributed by atoms with Crippen molar-refractivity contribution in [3.05, 3.63) is 24.3 Å². The van der Waals surface area contributed by atoms with Crippen LogP contribution in [0.5, 0.6) is 5.75 Å². The number of anilines is 1. The Hall–Kier alpha value is -2.57. The van der Waals surface area contributed by atoms with Crippen molar-refractivity contribution in [2.75, 3.05) is 5.32 Å². The summed E-state index contributed by atoms with van der Waals surface area (Å²) in [5, 5.41) is 2.70. The van der Waals surface area contributed by atoms with Gasteiger partial charge in [0.2, 0.25) is 11.8 Å². The Morgan fingerprint density at radius 1 is 1.12 bits per heavy atom. The van der Waals surface area contributed by atoms with E-state index in [2.05, 4.69) is 16.2 Å². The molecular formula is C17H21N3O4. The minimum absolute atomic E-state index is 0.0415. The van der Waals surface area contributed by atoms with Gasteiger partial charge in [0.1, 0.15) is 5.75 Å². The highest BCUT2D eigenvalue weighted by atomic mass is 16.5. The van der Waals surface area contributed by atoms with Crippen molar-refractivity contribution in [2.24, 2.45) is 5.92 Å². The first-order valence-corrected chi connectivity index (χ1v) is 8.29. The summed E-state index contributed by atoms with van der Waals surface area (Å²) < 4.78 is 5.55. The van der Waals surface area contributed by atoms with Gasteiger partial charge in [-0.05, 0) is 25.0 Å². The molecule has 2 aliphatic rings. The van der Waals surface area contributed by atoms with E-state index in [0.29, 0.717) is 11.4 Å². The zero-order valence-electron chi connectivity index (χ0n) is 13.3. The number of hydrogen-bond donors (Lipinski definition) is 3. The molecular weight excluding hydrogens is 310 g/mol. The molecule has 0 spiro atoms. The first-order valence-electron chi connectivity index (χ1n) is 8.29. The van der Waals surface area contributed by atoms with E-state index in [9.17, 15) is 14.4 Å². The third kappa shape index (κ3) is 3.84. The lowest BCUT2D eigenvalue weighted by molar-refractivity contribution is -0.134. The highest BCUT2D eigenvalue weighted by Gasteiger charge is 2.30. The van der Waals surface area contributed by atoms with Gasteiger partial charge in [-0.15, -0.1) is 0 Å². The number of hydrazine groups is 1. The molecule has 1 fully saturated rings. The zero-order valence-corrected chi connectivity index (χ0v) is 13.3. The summed E-state index contributed by atoms with van der Waals surface area (Å²) in [6.07, 6.45) is 3.88. The minimum atomic E-state index is -0.911. The van der Waals surface area contributed by atoms with Gasteiger partial charge in [0.05, 0.1) is 12.1 Å².